The van der Waals surface area contributed by atoms with Gasteiger partial charge in [0.15, 0.2) is 11.0 Å². The second-order valence-corrected chi connectivity index (χ2v) is 9.02. The Hall–Kier alpha value is -3.66. The molecule has 33 heavy (non-hydrogen) atoms. The summed E-state index contributed by atoms with van der Waals surface area (Å²) in [4.78, 5) is 14.9. The van der Waals surface area contributed by atoms with E-state index in [4.69, 9.17) is 10.5 Å². The number of rotatable bonds is 7. The van der Waals surface area contributed by atoms with E-state index in [2.05, 4.69) is 56.3 Å². The van der Waals surface area contributed by atoms with Crippen LogP contribution in [0.5, 0.6) is 5.75 Å². The number of hydrogen-bond acceptors (Lipinski definition) is 9. The minimum absolute atomic E-state index is 0.133. The van der Waals surface area contributed by atoms with Crippen LogP contribution in [0.4, 0.5) is 11.9 Å². The monoisotopic (exact) mass is 462 g/mol. The van der Waals surface area contributed by atoms with Crippen LogP contribution in [0, 0.1) is 6.92 Å². The summed E-state index contributed by atoms with van der Waals surface area (Å²) in [6.07, 6.45) is 0. The second kappa shape index (κ2) is 9.45. The van der Waals surface area contributed by atoms with Crippen LogP contribution in [0.2, 0.25) is 0 Å². The lowest BCUT2D eigenvalue weighted by Gasteiger charge is -2.15. The van der Waals surface area contributed by atoms with E-state index in [1.807, 2.05) is 49.9 Å². The van der Waals surface area contributed by atoms with Crippen molar-refractivity contribution in [3.05, 3.63) is 59.9 Å². The minimum atomic E-state index is -0.133. The Morgan fingerprint density at radius 1 is 0.970 bits per heavy atom. The van der Waals surface area contributed by atoms with Gasteiger partial charge in [0.05, 0.1) is 12.4 Å². The van der Waals surface area contributed by atoms with E-state index < -0.39 is 0 Å². The summed E-state index contributed by atoms with van der Waals surface area (Å²) in [7, 11) is 5.38. The molecule has 0 amide bonds. The maximum Gasteiger partial charge on any atom is 0.229 e. The quantitative estimate of drug-likeness (QED) is 0.409. The number of thioether (sulfide) groups is 1. The van der Waals surface area contributed by atoms with Crippen LogP contribution in [-0.2, 0) is 0 Å². The van der Waals surface area contributed by atoms with Crippen LogP contribution in [0.1, 0.15) is 23.6 Å². The molecule has 1 atom stereocenters. The molecular formula is C23H26N8OS. The Bertz CT molecular complexity index is 1240. The van der Waals surface area contributed by atoms with Crippen LogP contribution in [0.15, 0.2) is 53.7 Å². The smallest absolute Gasteiger partial charge is 0.229 e. The van der Waals surface area contributed by atoms with Crippen LogP contribution in [0.3, 0.4) is 0 Å². The number of nitrogens with zero attached hydrogens (tertiary/aromatic N) is 7. The first-order valence-corrected chi connectivity index (χ1v) is 11.3. The van der Waals surface area contributed by atoms with Gasteiger partial charge in [-0.2, -0.15) is 15.0 Å². The van der Waals surface area contributed by atoms with Crippen molar-refractivity contribution in [2.45, 2.75) is 24.3 Å². The molecule has 2 aromatic carbocycles. The molecule has 1 unspecified atom stereocenters. The molecular weight excluding hydrogens is 436 g/mol. The third-order valence-electron chi connectivity index (χ3n) is 4.98. The Kier molecular flexibility index (Phi) is 6.45. The highest BCUT2D eigenvalue weighted by molar-refractivity contribution is 7.99. The molecule has 0 aliphatic heterocycles. The lowest BCUT2D eigenvalue weighted by molar-refractivity contribution is 0.415. The molecule has 2 N–H and O–H groups in total. The molecule has 0 aliphatic rings. The lowest BCUT2D eigenvalue weighted by Crippen LogP contribution is -2.16. The summed E-state index contributed by atoms with van der Waals surface area (Å²) in [5.41, 5.74) is 9.00. The van der Waals surface area contributed by atoms with Crippen molar-refractivity contribution in [1.29, 1.82) is 0 Å². The average Bonchev–Trinajstić information content (AvgIpc) is 3.22. The number of anilines is 2. The molecule has 0 spiro atoms. The number of aromatic nitrogens is 6. The topological polar surface area (TPSA) is 108 Å². The highest BCUT2D eigenvalue weighted by Gasteiger charge is 2.21. The molecule has 2 heterocycles. The van der Waals surface area contributed by atoms with Gasteiger partial charge >= 0.3 is 0 Å². The first-order chi connectivity index (χ1) is 15.9. The van der Waals surface area contributed by atoms with Gasteiger partial charge in [-0.05, 0) is 50.2 Å². The predicted molar refractivity (Wildman–Crippen MR) is 131 cm³/mol. The number of hydrogen-bond donors (Lipinski definition) is 1. The van der Waals surface area contributed by atoms with Gasteiger partial charge in [0.1, 0.15) is 11.6 Å². The lowest BCUT2D eigenvalue weighted by atomic mass is 10.2. The Balaban J connectivity index is 1.75. The van der Waals surface area contributed by atoms with Gasteiger partial charge in [0.2, 0.25) is 11.9 Å². The standard InChI is InChI=1S/C23H26N8OS/c1-14-6-10-17(11-7-14)31-20(16-8-12-18(32-5)13-9-16)28-29-23(31)33-15(2)19-25-21(24)27-22(26-19)30(3)4/h6-13,15H,1-5H3,(H2,24,25,26,27). The third-order valence-corrected chi connectivity index (χ3v) is 6.02. The van der Waals surface area contributed by atoms with Gasteiger partial charge in [-0.15, -0.1) is 10.2 Å². The number of benzene rings is 2. The van der Waals surface area contributed by atoms with Crippen molar-refractivity contribution in [3.63, 3.8) is 0 Å². The highest BCUT2D eigenvalue weighted by atomic mass is 32.2. The van der Waals surface area contributed by atoms with Crippen LogP contribution in [-0.4, -0.2) is 50.9 Å². The molecule has 0 bridgehead atoms. The maximum atomic E-state index is 5.93. The number of ether oxygens (including phenoxy) is 1. The zero-order valence-electron chi connectivity index (χ0n) is 19.2. The molecule has 0 saturated carbocycles. The largest absolute Gasteiger partial charge is 0.497 e. The van der Waals surface area contributed by atoms with E-state index >= 15 is 0 Å². The fourth-order valence-electron chi connectivity index (χ4n) is 3.19. The van der Waals surface area contributed by atoms with Crippen molar-refractivity contribution in [2.75, 3.05) is 31.8 Å². The SMILES string of the molecule is COc1ccc(-c2nnc(SC(C)c3nc(N)nc(N(C)C)n3)n2-c2ccc(C)cc2)cc1. The number of nitrogens with two attached hydrogens (primary N) is 1. The second-order valence-electron chi connectivity index (χ2n) is 7.71. The molecule has 4 aromatic rings. The highest BCUT2D eigenvalue weighted by Crippen LogP contribution is 2.36. The molecule has 10 heteroatoms. The summed E-state index contributed by atoms with van der Waals surface area (Å²) in [5, 5.41) is 9.62. The Morgan fingerprint density at radius 3 is 2.30 bits per heavy atom. The molecule has 0 aliphatic carbocycles. The van der Waals surface area contributed by atoms with E-state index in [1.54, 1.807) is 12.0 Å². The summed E-state index contributed by atoms with van der Waals surface area (Å²) in [6, 6.07) is 16.0. The maximum absolute atomic E-state index is 5.93. The van der Waals surface area contributed by atoms with Crippen LogP contribution >= 0.6 is 11.8 Å². The van der Waals surface area contributed by atoms with Gasteiger partial charge < -0.3 is 15.4 Å². The van der Waals surface area contributed by atoms with Crippen molar-refractivity contribution in [1.82, 2.24) is 29.7 Å². The molecule has 0 fully saturated rings. The van der Waals surface area contributed by atoms with Gasteiger partial charge in [0, 0.05) is 25.3 Å². The van der Waals surface area contributed by atoms with E-state index in [-0.39, 0.29) is 11.2 Å². The number of methoxy groups -OCH3 is 1. The minimum Gasteiger partial charge on any atom is -0.497 e. The van der Waals surface area contributed by atoms with Gasteiger partial charge in [-0.1, -0.05) is 29.5 Å². The van der Waals surface area contributed by atoms with Gasteiger partial charge in [-0.3, -0.25) is 4.57 Å². The third kappa shape index (κ3) is 4.90. The van der Waals surface area contributed by atoms with E-state index in [9.17, 15) is 0 Å². The molecule has 4 rings (SSSR count). The molecule has 9 nitrogen and oxygen atoms in total. The summed E-state index contributed by atoms with van der Waals surface area (Å²) in [5.74, 6) is 2.81. The summed E-state index contributed by atoms with van der Waals surface area (Å²) < 4.78 is 7.34. The van der Waals surface area contributed by atoms with Crippen LogP contribution < -0.4 is 15.4 Å². The zero-order valence-corrected chi connectivity index (χ0v) is 20.0. The molecule has 2 aromatic heterocycles. The van der Waals surface area contributed by atoms with Gasteiger partial charge in [-0.25, -0.2) is 0 Å². The van der Waals surface area contributed by atoms with Crippen molar-refractivity contribution < 1.29 is 4.74 Å². The van der Waals surface area contributed by atoms with E-state index in [1.165, 1.54) is 17.3 Å². The zero-order chi connectivity index (χ0) is 23.5. The Labute approximate surface area is 197 Å². The van der Waals surface area contributed by atoms with E-state index in [0.717, 1.165) is 28.0 Å². The molecule has 0 radical (unpaired) electrons. The predicted octanol–water partition coefficient (Wildman–Crippen LogP) is 3.94. The number of aryl methyl sites for hydroxylation is 1. The normalized spacial score (nSPS) is 11.9. The van der Waals surface area contributed by atoms with Crippen LogP contribution in [0.25, 0.3) is 17.1 Å². The summed E-state index contributed by atoms with van der Waals surface area (Å²) in [6.45, 7) is 4.08. The molecule has 170 valence electrons. The van der Waals surface area contributed by atoms with Crippen molar-refractivity contribution in [2.24, 2.45) is 0 Å². The van der Waals surface area contributed by atoms with E-state index in [0.29, 0.717) is 11.8 Å². The Morgan fingerprint density at radius 2 is 1.67 bits per heavy atom. The first-order valence-electron chi connectivity index (χ1n) is 10.4. The van der Waals surface area contributed by atoms with Crippen molar-refractivity contribution in [3.8, 4) is 22.8 Å². The average molecular weight is 463 g/mol. The molecule has 0 saturated heterocycles. The summed E-state index contributed by atoms with van der Waals surface area (Å²) >= 11 is 1.51. The van der Waals surface area contributed by atoms with Crippen molar-refractivity contribution >= 4 is 23.7 Å². The fraction of sp³-hybridized carbons (Fsp3) is 0.261. The van der Waals surface area contributed by atoms with Gasteiger partial charge in [0.25, 0.3) is 0 Å². The fourth-order valence-corrected chi connectivity index (χ4v) is 4.10. The number of nitrogen functional groups attached to an aromatic ring is 1. The first kappa shape index (κ1) is 22.5.